The highest BCUT2D eigenvalue weighted by molar-refractivity contribution is 5.98. The van der Waals surface area contributed by atoms with Crippen LogP contribution in [0, 0.1) is 23.7 Å². The van der Waals surface area contributed by atoms with E-state index >= 15 is 0 Å². The molecule has 2 aromatic rings. The van der Waals surface area contributed by atoms with E-state index in [9.17, 15) is 19.2 Å². The Morgan fingerprint density at radius 1 is 0.761 bits per heavy atom. The van der Waals surface area contributed by atoms with Crippen LogP contribution < -0.4 is 37.1 Å². The first-order valence-electron chi connectivity index (χ1n) is 14.5. The molecular formula is C33H39N5O8. The molecule has 0 aromatic heterocycles. The lowest BCUT2D eigenvalue weighted by atomic mass is 10.1. The first kappa shape index (κ1) is 35.4. The van der Waals surface area contributed by atoms with E-state index < -0.39 is 40.9 Å². The van der Waals surface area contributed by atoms with Crippen LogP contribution in [0.25, 0.3) is 0 Å². The largest absolute Gasteiger partial charge is 0.481 e. The number of esters is 1. The van der Waals surface area contributed by atoms with Crippen LogP contribution in [0.1, 0.15) is 60.2 Å². The zero-order chi connectivity index (χ0) is 33.7. The number of nitrogens with one attached hydrogen (secondary N) is 3. The molecule has 2 atom stereocenters. The van der Waals surface area contributed by atoms with Crippen LogP contribution in [0.4, 0.5) is 0 Å². The Bertz CT molecular complexity index is 1400. The SMILES string of the molecule is CC#CCOc1ccc(C(=O)NC(C(=O)NO)C2(N)CC2)cc1.CC#CCOc1ccc(C(=O)NC(C(=O)OC)C2(N)CC2)cc1. The number of nitrogens with two attached hydrogens (primary N) is 2. The molecule has 0 aliphatic heterocycles. The fourth-order valence-corrected chi connectivity index (χ4v) is 4.17. The number of hydrogen-bond acceptors (Lipinski definition) is 10. The molecule has 0 heterocycles. The van der Waals surface area contributed by atoms with Crippen LogP contribution in [0.5, 0.6) is 11.5 Å². The molecule has 2 aromatic carbocycles. The van der Waals surface area contributed by atoms with Gasteiger partial charge in [-0.05, 0) is 88.1 Å². The monoisotopic (exact) mass is 633 g/mol. The lowest BCUT2D eigenvalue weighted by molar-refractivity contribution is -0.143. The molecule has 2 fully saturated rings. The van der Waals surface area contributed by atoms with E-state index in [1.807, 2.05) is 0 Å². The highest BCUT2D eigenvalue weighted by Crippen LogP contribution is 2.37. The summed E-state index contributed by atoms with van der Waals surface area (Å²) in [6.07, 6.45) is 2.57. The van der Waals surface area contributed by atoms with Gasteiger partial charge in [0, 0.05) is 22.2 Å². The maximum absolute atomic E-state index is 12.3. The lowest BCUT2D eigenvalue weighted by Gasteiger charge is -2.22. The summed E-state index contributed by atoms with van der Waals surface area (Å²) < 4.78 is 15.5. The topological polar surface area (TPSA) is 204 Å². The van der Waals surface area contributed by atoms with Gasteiger partial charge < -0.3 is 36.3 Å². The lowest BCUT2D eigenvalue weighted by Crippen LogP contribution is -2.57. The quantitative estimate of drug-likeness (QED) is 0.0848. The number of ether oxygens (including phenoxy) is 3. The fourth-order valence-electron chi connectivity index (χ4n) is 4.17. The van der Waals surface area contributed by atoms with Crippen molar-refractivity contribution >= 4 is 23.7 Å². The molecule has 3 amide bonds. The van der Waals surface area contributed by atoms with Crippen molar-refractivity contribution in [3.8, 4) is 35.2 Å². The molecule has 8 N–H and O–H groups in total. The molecule has 244 valence electrons. The molecule has 2 unspecified atom stereocenters. The number of hydrogen-bond donors (Lipinski definition) is 6. The third-order valence-electron chi connectivity index (χ3n) is 7.37. The smallest absolute Gasteiger partial charge is 0.330 e. The number of amides is 3. The summed E-state index contributed by atoms with van der Waals surface area (Å²) in [5.41, 5.74) is 12.8. The molecule has 0 radical (unpaired) electrons. The van der Waals surface area contributed by atoms with Crippen LogP contribution in [0.3, 0.4) is 0 Å². The molecule has 13 heteroatoms. The maximum atomic E-state index is 12.3. The predicted octanol–water partition coefficient (Wildman–Crippen LogP) is 1.04. The van der Waals surface area contributed by atoms with Gasteiger partial charge >= 0.3 is 5.97 Å². The second-order valence-corrected chi connectivity index (χ2v) is 10.8. The average Bonchev–Trinajstić information content (AvgIpc) is 4.00. The highest BCUT2D eigenvalue weighted by atomic mass is 16.5. The van der Waals surface area contributed by atoms with Crippen LogP contribution in [0.15, 0.2) is 48.5 Å². The van der Waals surface area contributed by atoms with Crippen molar-refractivity contribution in [1.82, 2.24) is 16.1 Å². The number of carbonyl (C=O) groups is 4. The summed E-state index contributed by atoms with van der Waals surface area (Å²) in [6, 6.07) is 11.2. The van der Waals surface area contributed by atoms with E-state index in [1.54, 1.807) is 62.4 Å². The van der Waals surface area contributed by atoms with Gasteiger partial charge in [-0.2, -0.15) is 0 Å². The summed E-state index contributed by atoms with van der Waals surface area (Å²) >= 11 is 0. The van der Waals surface area contributed by atoms with Crippen molar-refractivity contribution in [3.63, 3.8) is 0 Å². The summed E-state index contributed by atoms with van der Waals surface area (Å²) in [4.78, 5) is 48.0. The van der Waals surface area contributed by atoms with Crippen molar-refractivity contribution in [1.29, 1.82) is 0 Å². The van der Waals surface area contributed by atoms with E-state index in [0.717, 1.165) is 0 Å². The standard InChI is InChI=1S/C17H20N2O4.C16H19N3O4/c1-3-4-11-23-13-7-5-12(6-8-13)15(20)19-14(16(21)22-2)17(18)9-10-17;1-2-3-10-23-12-6-4-11(5-7-12)14(20)18-13(15(21)19-22)16(17)8-9-16/h5-8,14H,9-11,18H2,1-2H3,(H,19,20);4-7,13,22H,8-10,17H2,1H3,(H,18,20)(H,19,21). The van der Waals surface area contributed by atoms with Gasteiger partial charge in [-0.1, -0.05) is 11.8 Å². The molecular weight excluding hydrogens is 594 g/mol. The van der Waals surface area contributed by atoms with Gasteiger partial charge in [0.1, 0.15) is 36.8 Å². The fraction of sp³-hybridized carbons (Fsp3) is 0.394. The van der Waals surface area contributed by atoms with Crippen LogP contribution in [-0.4, -0.2) is 72.4 Å². The molecule has 2 saturated carbocycles. The first-order chi connectivity index (χ1) is 22.0. The van der Waals surface area contributed by atoms with Gasteiger partial charge in [-0.25, -0.2) is 10.3 Å². The minimum Gasteiger partial charge on any atom is -0.481 e. The third kappa shape index (κ3) is 9.97. The molecule has 4 rings (SSSR count). The Morgan fingerprint density at radius 3 is 1.50 bits per heavy atom. The van der Waals surface area contributed by atoms with Gasteiger partial charge in [0.2, 0.25) is 0 Å². The van der Waals surface area contributed by atoms with Gasteiger partial charge in [-0.15, -0.1) is 11.8 Å². The number of carbonyl (C=O) groups excluding carboxylic acids is 4. The highest BCUT2D eigenvalue weighted by Gasteiger charge is 2.51. The first-order valence-corrected chi connectivity index (χ1v) is 14.5. The Kier molecular flexibility index (Phi) is 12.5. The third-order valence-corrected chi connectivity index (χ3v) is 7.37. The Labute approximate surface area is 267 Å². The summed E-state index contributed by atoms with van der Waals surface area (Å²) in [5, 5.41) is 14.0. The molecule has 0 saturated heterocycles. The Hall–Kier alpha value is -5.08. The molecule has 2 aliphatic carbocycles. The van der Waals surface area contributed by atoms with E-state index in [-0.39, 0.29) is 12.5 Å². The number of benzene rings is 2. The molecule has 0 bridgehead atoms. The second kappa shape index (κ2) is 16.3. The van der Waals surface area contributed by atoms with Crippen molar-refractivity contribution in [2.45, 2.75) is 62.7 Å². The molecule has 13 nitrogen and oxygen atoms in total. The average molecular weight is 634 g/mol. The van der Waals surface area contributed by atoms with Crippen LogP contribution in [-0.2, 0) is 14.3 Å². The molecule has 0 spiro atoms. The van der Waals surface area contributed by atoms with Gasteiger partial charge in [-0.3, -0.25) is 19.6 Å². The van der Waals surface area contributed by atoms with Crippen LogP contribution >= 0.6 is 0 Å². The Morgan fingerprint density at radius 2 is 1.15 bits per heavy atom. The van der Waals surface area contributed by atoms with E-state index in [4.69, 9.17) is 30.9 Å². The van der Waals surface area contributed by atoms with Crippen molar-refractivity contribution in [2.24, 2.45) is 11.5 Å². The van der Waals surface area contributed by atoms with Crippen molar-refractivity contribution in [3.05, 3.63) is 59.7 Å². The van der Waals surface area contributed by atoms with Crippen molar-refractivity contribution < 1.29 is 38.6 Å². The van der Waals surface area contributed by atoms with Gasteiger partial charge in [0.25, 0.3) is 17.7 Å². The Balaban J connectivity index is 0.000000250. The summed E-state index contributed by atoms with van der Waals surface area (Å²) in [6.45, 7) is 4.02. The number of rotatable bonds is 12. The van der Waals surface area contributed by atoms with E-state index in [2.05, 4.69) is 34.3 Å². The van der Waals surface area contributed by atoms with Crippen molar-refractivity contribution in [2.75, 3.05) is 20.3 Å². The maximum Gasteiger partial charge on any atom is 0.330 e. The van der Waals surface area contributed by atoms with E-state index in [1.165, 1.54) is 12.6 Å². The minimum atomic E-state index is -0.976. The normalized spacial score (nSPS) is 15.6. The van der Waals surface area contributed by atoms with Gasteiger partial charge in [0.15, 0.2) is 0 Å². The second-order valence-electron chi connectivity index (χ2n) is 10.8. The number of hydroxylamine groups is 1. The molecule has 46 heavy (non-hydrogen) atoms. The minimum absolute atomic E-state index is 0.274. The van der Waals surface area contributed by atoms with E-state index in [0.29, 0.717) is 54.9 Å². The van der Waals surface area contributed by atoms with Crippen LogP contribution in [0.2, 0.25) is 0 Å². The predicted molar refractivity (Wildman–Crippen MR) is 168 cm³/mol. The summed E-state index contributed by atoms with van der Waals surface area (Å²) in [7, 11) is 1.28. The number of methoxy groups -OCH3 is 1. The summed E-state index contributed by atoms with van der Waals surface area (Å²) in [5.74, 6) is 10.1. The molecule has 2 aliphatic rings. The zero-order valence-corrected chi connectivity index (χ0v) is 26.0. The zero-order valence-electron chi connectivity index (χ0n) is 26.0. The van der Waals surface area contributed by atoms with Gasteiger partial charge in [0.05, 0.1) is 7.11 Å².